The summed E-state index contributed by atoms with van der Waals surface area (Å²) in [5.41, 5.74) is 23.2. The molecule has 7 atom stereocenters. The fourth-order valence-electron chi connectivity index (χ4n) is 6.66. The van der Waals surface area contributed by atoms with E-state index in [9.17, 15) is 48.3 Å². The number of likely N-dealkylation sites (tertiary alicyclic amines) is 1. The van der Waals surface area contributed by atoms with Gasteiger partial charge in [0.25, 0.3) is 0 Å². The first-order valence-electron chi connectivity index (χ1n) is 20.6. The molecule has 2 rings (SSSR count). The van der Waals surface area contributed by atoms with E-state index in [1.807, 2.05) is 6.26 Å². The van der Waals surface area contributed by atoms with Gasteiger partial charge in [-0.2, -0.15) is 23.5 Å². The average molecular weight is 909 g/mol. The summed E-state index contributed by atoms with van der Waals surface area (Å²) < 4.78 is 0. The molecular formula is C40H64N10O10S2. The van der Waals surface area contributed by atoms with Crippen molar-refractivity contribution in [3.05, 3.63) is 35.9 Å². The van der Waals surface area contributed by atoms with Gasteiger partial charge < -0.3 is 59.5 Å². The smallest absolute Gasteiger partial charge is 0.326 e. The van der Waals surface area contributed by atoms with E-state index in [1.165, 1.54) is 28.4 Å². The molecule has 1 fully saturated rings. The number of nitrogens with two attached hydrogens (primary N) is 4. The Morgan fingerprint density at radius 2 is 1.23 bits per heavy atom. The maximum absolute atomic E-state index is 14.0. The number of nitrogens with one attached hydrogen (secondary N) is 5. The summed E-state index contributed by atoms with van der Waals surface area (Å²) >= 11 is 2.91. The van der Waals surface area contributed by atoms with Crippen molar-refractivity contribution in [2.45, 2.75) is 119 Å². The molecule has 0 aliphatic carbocycles. The molecule has 346 valence electrons. The van der Waals surface area contributed by atoms with Crippen molar-refractivity contribution in [1.29, 1.82) is 0 Å². The van der Waals surface area contributed by atoms with E-state index in [4.69, 9.17) is 22.9 Å². The fraction of sp³-hybridized carbons (Fsp3) is 0.625. The summed E-state index contributed by atoms with van der Waals surface area (Å²) in [6.45, 7) is 0.542. The zero-order chi connectivity index (χ0) is 46.2. The molecule has 1 aromatic rings. The van der Waals surface area contributed by atoms with Crippen molar-refractivity contribution in [2.75, 3.05) is 37.1 Å². The maximum Gasteiger partial charge on any atom is 0.326 e. The molecule has 62 heavy (non-hydrogen) atoms. The minimum Gasteiger partial charge on any atom is -0.480 e. The summed E-state index contributed by atoms with van der Waals surface area (Å²) in [6.07, 6.45) is 4.68. The standard InChI is InChI=1S/C40H64N10O10S2/c1-61-21-17-25(42)34(53)47-28(11-6-7-19-41)39(58)50-20-8-12-31(50)38(57)46-27(14-16-33(44)52)35(54)45-26(13-15-32(43)51)36(55)49-30(23-24-9-4-3-5-10-24)37(56)48-29(40(59)60)18-22-62-2/h3-5,9-10,25-31H,6-8,11-23,41-42H2,1-2H3,(H2,43,51)(H2,44,52)(H,45,54)(H,46,57)(H,47,53)(H,48,56)(H,49,55)(H,59,60). The number of aliphatic carboxylic acids is 1. The molecule has 1 aliphatic heterocycles. The van der Waals surface area contributed by atoms with Crippen LogP contribution in [0.4, 0.5) is 0 Å². The highest BCUT2D eigenvalue weighted by molar-refractivity contribution is 7.98. The molecule has 1 saturated heterocycles. The lowest BCUT2D eigenvalue weighted by Gasteiger charge is -2.30. The number of carbonyl (C=O) groups excluding carboxylic acids is 8. The van der Waals surface area contributed by atoms with Crippen LogP contribution in [0.1, 0.15) is 76.2 Å². The van der Waals surface area contributed by atoms with Crippen LogP contribution in [0.3, 0.4) is 0 Å². The van der Waals surface area contributed by atoms with Crippen LogP contribution >= 0.6 is 23.5 Å². The zero-order valence-corrected chi connectivity index (χ0v) is 37.1. The second kappa shape index (κ2) is 28.6. The van der Waals surface area contributed by atoms with Crippen LogP contribution in [0.15, 0.2) is 30.3 Å². The summed E-state index contributed by atoms with van der Waals surface area (Å²) in [5.74, 6) is -6.25. The van der Waals surface area contributed by atoms with Gasteiger partial charge in [-0.1, -0.05) is 30.3 Å². The number of rotatable bonds is 30. The van der Waals surface area contributed by atoms with Crippen LogP contribution in [-0.4, -0.2) is 143 Å². The molecular weight excluding hydrogens is 845 g/mol. The first-order chi connectivity index (χ1) is 29.5. The summed E-state index contributed by atoms with van der Waals surface area (Å²) in [7, 11) is 0. The quantitative estimate of drug-likeness (QED) is 0.0382. The number of carbonyl (C=O) groups is 9. The van der Waals surface area contributed by atoms with Gasteiger partial charge in [0.2, 0.25) is 47.3 Å². The summed E-state index contributed by atoms with van der Waals surface area (Å²) in [5, 5.41) is 22.7. The Hall–Kier alpha value is -4.93. The number of amides is 8. The molecule has 0 bridgehead atoms. The number of hydrogen-bond acceptors (Lipinski definition) is 13. The average Bonchev–Trinajstić information content (AvgIpc) is 3.74. The van der Waals surface area contributed by atoms with Gasteiger partial charge in [0.1, 0.15) is 36.3 Å². The zero-order valence-electron chi connectivity index (χ0n) is 35.4. The Morgan fingerprint density at radius 1 is 0.694 bits per heavy atom. The van der Waals surface area contributed by atoms with Crippen molar-refractivity contribution in [3.63, 3.8) is 0 Å². The third kappa shape index (κ3) is 19.0. The Bertz CT molecular complexity index is 1680. The lowest BCUT2D eigenvalue weighted by molar-refractivity contribution is -0.142. The normalized spacial score (nSPS) is 16.4. The second-order valence-corrected chi connectivity index (χ2v) is 17.0. The topological polar surface area (TPSA) is 341 Å². The summed E-state index contributed by atoms with van der Waals surface area (Å²) in [6, 6.07) is 0.0893. The molecule has 22 heteroatoms. The molecule has 0 radical (unpaired) electrons. The third-order valence-corrected chi connectivity index (χ3v) is 11.4. The number of carboxylic acids is 1. The van der Waals surface area contributed by atoms with Gasteiger partial charge in [-0.25, -0.2) is 4.79 Å². The number of nitrogens with zero attached hydrogens (tertiary/aromatic N) is 1. The van der Waals surface area contributed by atoms with Crippen LogP contribution in [-0.2, 0) is 49.6 Å². The minimum atomic E-state index is -1.51. The van der Waals surface area contributed by atoms with E-state index >= 15 is 0 Å². The molecule has 8 amide bonds. The van der Waals surface area contributed by atoms with Crippen LogP contribution < -0.4 is 49.5 Å². The van der Waals surface area contributed by atoms with Gasteiger partial charge in [-0.05, 0) is 93.9 Å². The molecule has 1 heterocycles. The summed E-state index contributed by atoms with van der Waals surface area (Å²) in [4.78, 5) is 119. The van der Waals surface area contributed by atoms with Gasteiger partial charge >= 0.3 is 5.97 Å². The maximum atomic E-state index is 14.0. The van der Waals surface area contributed by atoms with E-state index in [2.05, 4.69) is 26.6 Å². The van der Waals surface area contributed by atoms with E-state index in [1.54, 1.807) is 36.6 Å². The van der Waals surface area contributed by atoms with Crippen molar-refractivity contribution in [1.82, 2.24) is 31.5 Å². The highest BCUT2D eigenvalue weighted by Crippen LogP contribution is 2.21. The van der Waals surface area contributed by atoms with E-state index in [0.717, 1.165) is 0 Å². The first-order valence-corrected chi connectivity index (χ1v) is 23.4. The predicted molar refractivity (Wildman–Crippen MR) is 236 cm³/mol. The highest BCUT2D eigenvalue weighted by atomic mass is 32.2. The highest BCUT2D eigenvalue weighted by Gasteiger charge is 2.40. The second-order valence-electron chi connectivity index (χ2n) is 15.0. The van der Waals surface area contributed by atoms with Crippen LogP contribution in [0.25, 0.3) is 0 Å². The van der Waals surface area contributed by atoms with Gasteiger partial charge in [0.15, 0.2) is 0 Å². The Balaban J connectivity index is 2.36. The van der Waals surface area contributed by atoms with Crippen molar-refractivity contribution < 1.29 is 48.3 Å². The fourth-order valence-corrected chi connectivity index (χ4v) is 7.62. The number of primary amides is 2. The van der Waals surface area contributed by atoms with Crippen molar-refractivity contribution in [3.8, 4) is 0 Å². The van der Waals surface area contributed by atoms with Crippen molar-refractivity contribution in [2.24, 2.45) is 22.9 Å². The number of carboxylic acid groups (broad SMARTS) is 1. The first kappa shape index (κ1) is 53.2. The molecule has 0 aromatic heterocycles. The molecule has 7 unspecified atom stereocenters. The number of hydrogen-bond donors (Lipinski definition) is 10. The lowest BCUT2D eigenvalue weighted by atomic mass is 10.0. The Labute approximate surface area is 370 Å². The molecule has 20 nitrogen and oxygen atoms in total. The number of thioether (sulfide) groups is 2. The predicted octanol–water partition coefficient (Wildman–Crippen LogP) is -1.78. The Morgan fingerprint density at radius 3 is 1.79 bits per heavy atom. The Kier molecular flexibility index (Phi) is 24.6. The van der Waals surface area contributed by atoms with Gasteiger partial charge in [-0.15, -0.1) is 0 Å². The van der Waals surface area contributed by atoms with E-state index < -0.39 is 95.5 Å². The molecule has 1 aliphatic rings. The molecule has 1 aromatic carbocycles. The van der Waals surface area contributed by atoms with Gasteiger partial charge in [0, 0.05) is 25.8 Å². The van der Waals surface area contributed by atoms with E-state index in [0.29, 0.717) is 49.3 Å². The van der Waals surface area contributed by atoms with Crippen molar-refractivity contribution >= 4 is 76.8 Å². The lowest BCUT2D eigenvalue weighted by Crippen LogP contribution is -2.60. The van der Waals surface area contributed by atoms with Crippen LogP contribution in [0, 0.1) is 0 Å². The monoisotopic (exact) mass is 908 g/mol. The molecule has 0 saturated carbocycles. The number of benzene rings is 1. The van der Waals surface area contributed by atoms with Gasteiger partial charge in [0.05, 0.1) is 6.04 Å². The molecule has 0 spiro atoms. The number of unbranched alkanes of at least 4 members (excludes halogenated alkanes) is 1. The minimum absolute atomic E-state index is 0.0694. The van der Waals surface area contributed by atoms with E-state index in [-0.39, 0.29) is 57.9 Å². The largest absolute Gasteiger partial charge is 0.480 e. The third-order valence-electron chi connectivity index (χ3n) is 10.1. The van der Waals surface area contributed by atoms with Gasteiger partial charge in [-0.3, -0.25) is 38.4 Å². The van der Waals surface area contributed by atoms with Crippen LogP contribution in [0.5, 0.6) is 0 Å². The molecule has 14 N–H and O–H groups in total. The van der Waals surface area contributed by atoms with Crippen LogP contribution in [0.2, 0.25) is 0 Å². The SMILES string of the molecule is CSCCC(N)C(=O)NC(CCCCN)C(=O)N1CCCC1C(=O)NC(CCC(N)=O)C(=O)NC(CCC(N)=O)C(=O)NC(Cc1ccccc1)C(=O)NC(CCSC)C(=O)O.